The Kier molecular flexibility index (Phi) is 3.25. The fourth-order valence-corrected chi connectivity index (χ4v) is 6.19. The molecule has 5 nitrogen and oxygen atoms in total. The van der Waals surface area contributed by atoms with Gasteiger partial charge in [0.1, 0.15) is 21.9 Å². The Hall–Kier alpha value is -1.63. The molecule has 1 heterocycles. The Morgan fingerprint density at radius 1 is 1.23 bits per heavy atom. The van der Waals surface area contributed by atoms with Gasteiger partial charge in [0.05, 0.1) is 5.75 Å². The summed E-state index contributed by atoms with van der Waals surface area (Å²) >= 11 is 0. The van der Waals surface area contributed by atoms with E-state index in [1.165, 1.54) is 18.2 Å². The van der Waals surface area contributed by atoms with Crippen LogP contribution in [0.2, 0.25) is 0 Å². The summed E-state index contributed by atoms with van der Waals surface area (Å²) in [5.74, 6) is -0.660. The number of hydrogen-bond acceptors (Lipinski definition) is 5. The minimum atomic E-state index is -3.52. The van der Waals surface area contributed by atoms with E-state index >= 15 is 0 Å². The van der Waals surface area contributed by atoms with Crippen LogP contribution in [0.5, 0.6) is 0 Å². The van der Waals surface area contributed by atoms with Crippen molar-refractivity contribution in [2.45, 2.75) is 42.9 Å². The Morgan fingerprint density at radius 2 is 1.86 bits per heavy atom. The minimum Gasteiger partial charge on any atom is -0.399 e. The molecule has 1 aliphatic heterocycles. The average Bonchev–Trinajstić information content (AvgIpc) is 2.90. The molecule has 1 atom stereocenters. The third-order valence-electron chi connectivity index (χ3n) is 4.88. The van der Waals surface area contributed by atoms with Crippen molar-refractivity contribution < 1.29 is 12.8 Å². The Balaban J connectivity index is 2.18. The van der Waals surface area contributed by atoms with Gasteiger partial charge in [-0.05, 0) is 38.0 Å². The van der Waals surface area contributed by atoms with Gasteiger partial charge in [0.25, 0.3) is 0 Å². The number of benzene rings is 1. The van der Waals surface area contributed by atoms with Crippen LogP contribution in [0.25, 0.3) is 0 Å². The molecule has 0 amide bonds. The maximum atomic E-state index is 14.2. The normalized spacial score (nSPS) is 29.5. The molecule has 22 heavy (non-hydrogen) atoms. The summed E-state index contributed by atoms with van der Waals surface area (Å²) in [5.41, 5.74) is 11.1. The predicted molar refractivity (Wildman–Crippen MR) is 84.8 cm³/mol. The van der Waals surface area contributed by atoms with Crippen LogP contribution in [0.15, 0.2) is 23.2 Å². The second-order valence-electron chi connectivity index (χ2n) is 6.47. The van der Waals surface area contributed by atoms with Crippen molar-refractivity contribution in [3.8, 4) is 0 Å². The summed E-state index contributed by atoms with van der Waals surface area (Å²) < 4.78 is 38.9. The lowest BCUT2D eigenvalue weighted by Gasteiger charge is -2.39. The smallest absolute Gasteiger partial charge is 0.165 e. The number of anilines is 1. The summed E-state index contributed by atoms with van der Waals surface area (Å²) in [5, 5.41) is 0. The SMILES string of the molecule is CC1(c2cc(N)ccc2F)CS(=O)(=O)C2(CCCC2)C(N)=N1. The van der Waals surface area contributed by atoms with E-state index in [0.29, 0.717) is 18.5 Å². The van der Waals surface area contributed by atoms with Gasteiger partial charge in [-0.1, -0.05) is 12.8 Å². The molecule has 0 radical (unpaired) electrons. The van der Waals surface area contributed by atoms with Crippen molar-refractivity contribution >= 4 is 21.4 Å². The van der Waals surface area contributed by atoms with Crippen LogP contribution in [-0.2, 0) is 15.4 Å². The van der Waals surface area contributed by atoms with Crippen molar-refractivity contribution in [1.82, 2.24) is 0 Å². The fourth-order valence-electron chi connectivity index (χ4n) is 3.67. The summed E-state index contributed by atoms with van der Waals surface area (Å²) in [6.45, 7) is 1.59. The van der Waals surface area contributed by atoms with Gasteiger partial charge in [-0.2, -0.15) is 0 Å². The highest BCUT2D eigenvalue weighted by Gasteiger charge is 2.55. The molecule has 1 spiro atoms. The lowest BCUT2D eigenvalue weighted by molar-refractivity contribution is 0.468. The molecule has 1 unspecified atom stereocenters. The molecule has 0 aromatic heterocycles. The lowest BCUT2D eigenvalue weighted by Crippen LogP contribution is -2.56. The highest BCUT2D eigenvalue weighted by molar-refractivity contribution is 7.93. The molecule has 7 heteroatoms. The van der Waals surface area contributed by atoms with Crippen molar-refractivity contribution in [3.63, 3.8) is 0 Å². The lowest BCUT2D eigenvalue weighted by atomic mass is 9.92. The van der Waals surface area contributed by atoms with Crippen molar-refractivity contribution in [3.05, 3.63) is 29.6 Å². The molecule has 2 aliphatic rings. The molecule has 3 rings (SSSR count). The zero-order valence-electron chi connectivity index (χ0n) is 12.5. The van der Waals surface area contributed by atoms with E-state index in [1.807, 2.05) is 0 Å². The molecule has 1 saturated carbocycles. The monoisotopic (exact) mass is 325 g/mol. The van der Waals surface area contributed by atoms with E-state index in [-0.39, 0.29) is 17.2 Å². The summed E-state index contributed by atoms with van der Waals surface area (Å²) in [7, 11) is -3.52. The number of nitrogens with zero attached hydrogens (tertiary/aromatic N) is 1. The first kappa shape index (κ1) is 15.3. The third-order valence-corrected chi connectivity index (χ3v) is 7.63. The first-order chi connectivity index (χ1) is 10.2. The van der Waals surface area contributed by atoms with Crippen LogP contribution in [-0.4, -0.2) is 24.8 Å². The zero-order chi connectivity index (χ0) is 16.2. The number of rotatable bonds is 1. The molecular weight excluding hydrogens is 305 g/mol. The fraction of sp³-hybridized carbons (Fsp3) is 0.533. The van der Waals surface area contributed by atoms with Crippen LogP contribution < -0.4 is 11.5 Å². The molecule has 1 aromatic carbocycles. The van der Waals surface area contributed by atoms with Gasteiger partial charge in [0, 0.05) is 11.3 Å². The van der Waals surface area contributed by atoms with Gasteiger partial charge < -0.3 is 11.5 Å². The quantitative estimate of drug-likeness (QED) is 0.768. The summed E-state index contributed by atoms with van der Waals surface area (Å²) in [4.78, 5) is 4.44. The topological polar surface area (TPSA) is 98.5 Å². The first-order valence-electron chi connectivity index (χ1n) is 7.34. The van der Waals surface area contributed by atoms with Gasteiger partial charge >= 0.3 is 0 Å². The van der Waals surface area contributed by atoms with Crippen LogP contribution in [0.1, 0.15) is 38.2 Å². The van der Waals surface area contributed by atoms with E-state index in [1.54, 1.807) is 6.92 Å². The number of nitrogens with two attached hydrogens (primary N) is 2. The van der Waals surface area contributed by atoms with Crippen molar-refractivity contribution in [2.75, 3.05) is 11.5 Å². The van der Waals surface area contributed by atoms with E-state index in [9.17, 15) is 12.8 Å². The minimum absolute atomic E-state index is 0.112. The number of nitrogen functional groups attached to an aromatic ring is 1. The van der Waals surface area contributed by atoms with Crippen LogP contribution in [0.3, 0.4) is 0 Å². The molecule has 0 saturated heterocycles. The summed E-state index contributed by atoms with van der Waals surface area (Å²) in [6.07, 6.45) is 2.64. The van der Waals surface area contributed by atoms with E-state index in [0.717, 1.165) is 12.8 Å². The Morgan fingerprint density at radius 3 is 2.45 bits per heavy atom. The van der Waals surface area contributed by atoms with Crippen molar-refractivity contribution in [2.24, 2.45) is 10.7 Å². The molecule has 1 aliphatic carbocycles. The van der Waals surface area contributed by atoms with Gasteiger partial charge in [0.2, 0.25) is 0 Å². The number of amidine groups is 1. The van der Waals surface area contributed by atoms with Crippen LogP contribution in [0.4, 0.5) is 10.1 Å². The molecule has 120 valence electrons. The third kappa shape index (κ3) is 2.02. The number of halogens is 1. The molecule has 1 fully saturated rings. The Labute approximate surface area is 129 Å². The largest absolute Gasteiger partial charge is 0.399 e. The highest BCUT2D eigenvalue weighted by atomic mass is 32.2. The van der Waals surface area contributed by atoms with Crippen LogP contribution >= 0.6 is 0 Å². The second kappa shape index (κ2) is 4.68. The highest BCUT2D eigenvalue weighted by Crippen LogP contribution is 2.45. The van der Waals surface area contributed by atoms with E-state index < -0.39 is 25.9 Å². The average molecular weight is 325 g/mol. The standard InChI is InChI=1S/C15H20FN3O2S/c1-14(11-8-10(17)4-5-12(11)16)9-22(20,21)15(13(18)19-14)6-2-3-7-15/h4-5,8H,2-3,6-7,9,17H2,1H3,(H2,18,19). The first-order valence-corrected chi connectivity index (χ1v) is 8.99. The van der Waals surface area contributed by atoms with E-state index in [2.05, 4.69) is 4.99 Å². The summed E-state index contributed by atoms with van der Waals surface area (Å²) in [6, 6.07) is 4.10. The molecular formula is C15H20FN3O2S. The molecule has 0 bridgehead atoms. The van der Waals surface area contributed by atoms with E-state index in [4.69, 9.17) is 11.5 Å². The van der Waals surface area contributed by atoms with Gasteiger partial charge in [-0.15, -0.1) is 0 Å². The maximum Gasteiger partial charge on any atom is 0.165 e. The second-order valence-corrected chi connectivity index (χ2v) is 8.77. The van der Waals surface area contributed by atoms with Gasteiger partial charge in [0.15, 0.2) is 9.84 Å². The Bertz CT molecular complexity index is 754. The molecule has 1 aromatic rings. The predicted octanol–water partition coefficient (Wildman–Crippen LogP) is 1.72. The maximum absolute atomic E-state index is 14.2. The van der Waals surface area contributed by atoms with Gasteiger partial charge in [-0.3, -0.25) is 4.99 Å². The zero-order valence-corrected chi connectivity index (χ0v) is 13.3. The number of aliphatic imine (C=N–C) groups is 1. The number of hydrogen-bond donors (Lipinski definition) is 2. The van der Waals surface area contributed by atoms with Crippen molar-refractivity contribution in [1.29, 1.82) is 0 Å². The van der Waals surface area contributed by atoms with Gasteiger partial charge in [-0.25, -0.2) is 12.8 Å². The van der Waals surface area contributed by atoms with Crippen LogP contribution in [0, 0.1) is 5.82 Å². The number of sulfone groups is 1. The molecule has 4 N–H and O–H groups in total.